The number of para-hydroxylation sites is 2. The van der Waals surface area contributed by atoms with Gasteiger partial charge in [0.2, 0.25) is 11.8 Å². The van der Waals surface area contributed by atoms with Crippen molar-refractivity contribution in [1.29, 1.82) is 0 Å². The van der Waals surface area contributed by atoms with Gasteiger partial charge in [-0.3, -0.25) is 9.59 Å². The molecule has 1 aromatic carbocycles. The summed E-state index contributed by atoms with van der Waals surface area (Å²) in [5.74, 6) is 0.734. The third-order valence-corrected chi connectivity index (χ3v) is 4.72. The van der Waals surface area contributed by atoms with Crippen LogP contribution in [0.25, 0.3) is 0 Å². The van der Waals surface area contributed by atoms with Crippen molar-refractivity contribution in [3.63, 3.8) is 0 Å². The zero-order valence-electron chi connectivity index (χ0n) is 14.4. The predicted octanol–water partition coefficient (Wildman–Crippen LogP) is 1.71. The van der Waals surface area contributed by atoms with Gasteiger partial charge in [0.05, 0.1) is 18.2 Å². The second kappa shape index (κ2) is 8.54. The van der Waals surface area contributed by atoms with E-state index in [1.54, 1.807) is 4.90 Å². The van der Waals surface area contributed by atoms with Crippen LogP contribution in [0, 0.1) is 11.8 Å². The Kier molecular flexibility index (Phi) is 6.67. The lowest BCUT2D eigenvalue weighted by atomic mass is 10.1. The summed E-state index contributed by atoms with van der Waals surface area (Å²) < 4.78 is 5.60. The van der Waals surface area contributed by atoms with Gasteiger partial charge in [0.25, 0.3) is 0 Å². The molecule has 1 aliphatic carbocycles. The third kappa shape index (κ3) is 4.44. The normalized spacial score (nSPS) is 20.8. The van der Waals surface area contributed by atoms with Gasteiger partial charge in [0, 0.05) is 25.6 Å². The van der Waals surface area contributed by atoms with Crippen LogP contribution in [0.4, 0.5) is 5.69 Å². The van der Waals surface area contributed by atoms with Crippen molar-refractivity contribution in [1.82, 2.24) is 5.32 Å². The summed E-state index contributed by atoms with van der Waals surface area (Å²) in [5, 5.41) is 3.03. The lowest BCUT2D eigenvalue weighted by molar-refractivity contribution is -0.127. The number of carbonyl (C=O) groups is 2. The van der Waals surface area contributed by atoms with E-state index in [2.05, 4.69) is 5.32 Å². The molecule has 0 bridgehead atoms. The summed E-state index contributed by atoms with van der Waals surface area (Å²) in [7, 11) is 0. The Morgan fingerprint density at radius 2 is 2.12 bits per heavy atom. The highest BCUT2D eigenvalue weighted by Gasteiger charge is 2.38. The number of rotatable bonds is 7. The number of nitrogens with zero attached hydrogens (tertiary/aromatic N) is 1. The predicted molar refractivity (Wildman–Crippen MR) is 99.0 cm³/mol. The van der Waals surface area contributed by atoms with E-state index in [1.807, 2.05) is 31.2 Å². The van der Waals surface area contributed by atoms with Crippen molar-refractivity contribution in [2.24, 2.45) is 17.6 Å². The minimum Gasteiger partial charge on any atom is -0.492 e. The maximum atomic E-state index is 12.5. The molecule has 2 aliphatic rings. The summed E-state index contributed by atoms with van der Waals surface area (Å²) >= 11 is 0. The molecule has 2 fully saturated rings. The van der Waals surface area contributed by atoms with Crippen LogP contribution in [-0.4, -0.2) is 37.6 Å². The molecule has 2 atom stereocenters. The van der Waals surface area contributed by atoms with Gasteiger partial charge in [-0.2, -0.15) is 0 Å². The smallest absolute Gasteiger partial charge is 0.227 e. The molecule has 1 saturated carbocycles. The number of hydrogen-bond acceptors (Lipinski definition) is 4. The fourth-order valence-electron chi connectivity index (χ4n) is 3.24. The maximum Gasteiger partial charge on any atom is 0.227 e. The highest BCUT2D eigenvalue weighted by molar-refractivity contribution is 6.01. The fraction of sp³-hybridized carbons (Fsp3) is 0.556. The quantitative estimate of drug-likeness (QED) is 0.768. The Morgan fingerprint density at radius 1 is 1.40 bits per heavy atom. The van der Waals surface area contributed by atoms with Gasteiger partial charge in [-0.25, -0.2) is 0 Å². The van der Waals surface area contributed by atoms with Crippen molar-refractivity contribution in [3.8, 4) is 5.75 Å². The lowest BCUT2D eigenvalue weighted by Gasteiger charge is -2.21. The molecule has 1 heterocycles. The highest BCUT2D eigenvalue weighted by atomic mass is 35.5. The van der Waals surface area contributed by atoms with Crippen molar-refractivity contribution in [2.75, 3.05) is 24.6 Å². The minimum atomic E-state index is -0.333. The molecule has 2 amide bonds. The molecular weight excluding hydrogens is 342 g/mol. The van der Waals surface area contributed by atoms with Gasteiger partial charge in [-0.05, 0) is 37.8 Å². The molecule has 1 saturated heterocycles. The van der Waals surface area contributed by atoms with Gasteiger partial charge in [0.15, 0.2) is 0 Å². The van der Waals surface area contributed by atoms with Crippen molar-refractivity contribution >= 4 is 29.9 Å². The summed E-state index contributed by atoms with van der Waals surface area (Å²) in [5.41, 5.74) is 6.48. The van der Waals surface area contributed by atoms with Gasteiger partial charge in [-0.15, -0.1) is 12.4 Å². The average Bonchev–Trinajstić information content (AvgIpc) is 3.35. The number of benzene rings is 1. The summed E-state index contributed by atoms with van der Waals surface area (Å²) in [6.45, 7) is 3.27. The zero-order chi connectivity index (χ0) is 17.1. The molecule has 0 spiro atoms. The Labute approximate surface area is 154 Å². The first-order chi connectivity index (χ1) is 11.6. The Bertz CT molecular complexity index is 621. The largest absolute Gasteiger partial charge is 0.492 e. The molecule has 7 heteroatoms. The van der Waals surface area contributed by atoms with E-state index in [-0.39, 0.29) is 42.6 Å². The van der Waals surface area contributed by atoms with Gasteiger partial charge in [0.1, 0.15) is 5.75 Å². The van der Waals surface area contributed by atoms with E-state index in [1.165, 1.54) is 0 Å². The number of nitrogens with one attached hydrogen (secondary N) is 1. The van der Waals surface area contributed by atoms with E-state index in [9.17, 15) is 9.59 Å². The topological polar surface area (TPSA) is 84.7 Å². The molecule has 2 unspecified atom stereocenters. The van der Waals surface area contributed by atoms with Crippen molar-refractivity contribution in [2.45, 2.75) is 32.2 Å². The van der Waals surface area contributed by atoms with Crippen LogP contribution in [0.5, 0.6) is 5.75 Å². The van der Waals surface area contributed by atoms with Gasteiger partial charge < -0.3 is 20.7 Å². The first-order valence-electron chi connectivity index (χ1n) is 8.66. The fourth-order valence-corrected chi connectivity index (χ4v) is 3.24. The van der Waals surface area contributed by atoms with Crippen LogP contribution < -0.4 is 20.7 Å². The molecule has 3 N–H and O–H groups in total. The highest BCUT2D eigenvalue weighted by Crippen LogP contribution is 2.34. The van der Waals surface area contributed by atoms with E-state index < -0.39 is 0 Å². The number of ether oxygens (including phenoxy) is 1. The first kappa shape index (κ1) is 19.5. The molecule has 1 aromatic rings. The molecule has 25 heavy (non-hydrogen) atoms. The second-order valence-electron chi connectivity index (χ2n) is 6.49. The third-order valence-electron chi connectivity index (χ3n) is 4.72. The van der Waals surface area contributed by atoms with Gasteiger partial charge >= 0.3 is 0 Å². The van der Waals surface area contributed by atoms with Gasteiger partial charge in [-0.1, -0.05) is 12.1 Å². The molecule has 0 aromatic heterocycles. The van der Waals surface area contributed by atoms with E-state index in [4.69, 9.17) is 10.5 Å². The van der Waals surface area contributed by atoms with E-state index in [0.717, 1.165) is 18.5 Å². The van der Waals surface area contributed by atoms with E-state index in [0.29, 0.717) is 31.4 Å². The summed E-state index contributed by atoms with van der Waals surface area (Å²) in [4.78, 5) is 26.6. The van der Waals surface area contributed by atoms with Crippen molar-refractivity contribution in [3.05, 3.63) is 24.3 Å². The average molecular weight is 368 g/mol. The monoisotopic (exact) mass is 367 g/mol. The lowest BCUT2D eigenvalue weighted by Crippen LogP contribution is -2.45. The Balaban J connectivity index is 0.00000225. The number of halogens is 1. The molecule has 6 nitrogen and oxygen atoms in total. The summed E-state index contributed by atoms with van der Waals surface area (Å²) in [6, 6.07) is 7.49. The van der Waals surface area contributed by atoms with Crippen molar-refractivity contribution < 1.29 is 14.3 Å². The van der Waals surface area contributed by atoms with Crippen LogP contribution >= 0.6 is 12.4 Å². The standard InChI is InChI=1S/C18H25N3O3.ClH/c1-2-24-16-6-4-3-5-15(16)21-11-13(9-17(21)22)18(23)20-14(10-19)12-7-8-12;/h3-6,12-14H,2,7-11,19H2,1H3,(H,20,23);1H. The SMILES string of the molecule is CCOc1ccccc1N1CC(C(=O)NC(CN)C2CC2)CC1=O.Cl. The van der Waals surface area contributed by atoms with Crippen LogP contribution in [-0.2, 0) is 9.59 Å². The number of nitrogens with two attached hydrogens (primary N) is 1. The Morgan fingerprint density at radius 3 is 2.76 bits per heavy atom. The van der Waals surface area contributed by atoms with Crippen LogP contribution in [0.2, 0.25) is 0 Å². The number of carbonyl (C=O) groups excluding carboxylic acids is 2. The Hall–Kier alpha value is -1.79. The molecular formula is C18H26ClN3O3. The van der Waals surface area contributed by atoms with Crippen LogP contribution in [0.15, 0.2) is 24.3 Å². The van der Waals surface area contributed by atoms with Crippen LogP contribution in [0.1, 0.15) is 26.2 Å². The number of anilines is 1. The number of amides is 2. The molecule has 3 rings (SSSR count). The minimum absolute atomic E-state index is 0. The molecule has 1 aliphatic heterocycles. The molecule has 138 valence electrons. The van der Waals surface area contributed by atoms with Crippen LogP contribution in [0.3, 0.4) is 0 Å². The zero-order valence-corrected chi connectivity index (χ0v) is 15.3. The first-order valence-corrected chi connectivity index (χ1v) is 8.66. The van der Waals surface area contributed by atoms with E-state index >= 15 is 0 Å². The number of hydrogen-bond donors (Lipinski definition) is 2. The summed E-state index contributed by atoms with van der Waals surface area (Å²) in [6.07, 6.45) is 2.48. The molecule has 0 radical (unpaired) electrons. The maximum absolute atomic E-state index is 12.5. The second-order valence-corrected chi connectivity index (χ2v) is 6.49.